The van der Waals surface area contributed by atoms with E-state index >= 15 is 0 Å². The molecule has 2 N–H and O–H groups in total. The van der Waals surface area contributed by atoms with Gasteiger partial charge in [0.05, 0.1) is 19.2 Å². The Balaban J connectivity index is 2.03. The number of methoxy groups -OCH3 is 1. The molecule has 1 unspecified atom stereocenters. The van der Waals surface area contributed by atoms with Crippen LogP contribution >= 0.6 is 11.8 Å². The van der Waals surface area contributed by atoms with Crippen molar-refractivity contribution in [2.24, 2.45) is 0 Å². The first kappa shape index (κ1) is 19.1. The average Bonchev–Trinajstić information content (AvgIpc) is 2.59. The molecule has 0 bridgehead atoms. The molecule has 7 heteroatoms. The van der Waals surface area contributed by atoms with Gasteiger partial charge in [0.15, 0.2) is 5.16 Å². The third-order valence-electron chi connectivity index (χ3n) is 3.64. The molecule has 0 radical (unpaired) electrons. The van der Waals surface area contributed by atoms with Gasteiger partial charge in [-0.25, -0.2) is 4.98 Å². The summed E-state index contributed by atoms with van der Waals surface area (Å²) in [7, 11) is 1.62. The summed E-state index contributed by atoms with van der Waals surface area (Å²) in [5.74, 6) is 1.30. The van der Waals surface area contributed by atoms with Crippen LogP contribution in [0.25, 0.3) is 0 Å². The number of hydrogen-bond donors (Lipinski definition) is 2. The third-order valence-corrected chi connectivity index (χ3v) is 4.59. The van der Waals surface area contributed by atoms with Gasteiger partial charge in [0, 0.05) is 17.9 Å². The number of nitrogens with zero attached hydrogens (tertiary/aromatic N) is 1. The highest BCUT2D eigenvalue weighted by molar-refractivity contribution is 7.98. The molecule has 1 aromatic carbocycles. The minimum atomic E-state index is -0.255. The Bertz CT molecular complexity index is 776. The van der Waals surface area contributed by atoms with Crippen LogP contribution in [0, 0.1) is 0 Å². The highest BCUT2D eigenvalue weighted by atomic mass is 32.2. The number of rotatable bonds is 8. The van der Waals surface area contributed by atoms with Crippen molar-refractivity contribution in [1.29, 1.82) is 0 Å². The number of amides is 1. The average molecular weight is 361 g/mol. The van der Waals surface area contributed by atoms with Gasteiger partial charge in [-0.2, -0.15) is 0 Å². The lowest BCUT2D eigenvalue weighted by atomic mass is 10.2. The van der Waals surface area contributed by atoms with E-state index in [0.717, 1.165) is 17.7 Å². The number of aromatic nitrogens is 2. The lowest BCUT2D eigenvalue weighted by Crippen LogP contribution is -2.33. The lowest BCUT2D eigenvalue weighted by molar-refractivity contribution is -0.121. The molecule has 2 rings (SSSR count). The van der Waals surface area contributed by atoms with Crippen molar-refractivity contribution in [2.45, 2.75) is 43.6 Å². The molecule has 0 saturated heterocycles. The minimum Gasteiger partial charge on any atom is -0.497 e. The van der Waals surface area contributed by atoms with Crippen LogP contribution in [-0.2, 0) is 17.0 Å². The molecule has 0 aliphatic rings. The molecule has 134 valence electrons. The number of hydrogen-bond acceptors (Lipinski definition) is 5. The molecule has 0 fully saturated rings. The largest absolute Gasteiger partial charge is 0.497 e. The number of ether oxygens (including phenoxy) is 1. The van der Waals surface area contributed by atoms with Crippen molar-refractivity contribution in [3.05, 3.63) is 51.9 Å². The second-order valence-corrected chi connectivity index (χ2v) is 6.70. The van der Waals surface area contributed by atoms with Gasteiger partial charge in [-0.1, -0.05) is 30.8 Å². The van der Waals surface area contributed by atoms with Gasteiger partial charge in [0.1, 0.15) is 5.75 Å². The fourth-order valence-electron chi connectivity index (χ4n) is 2.15. The smallest absolute Gasteiger partial charge is 0.251 e. The first-order valence-electron chi connectivity index (χ1n) is 8.15. The Morgan fingerprint density at radius 3 is 2.92 bits per heavy atom. The highest BCUT2D eigenvalue weighted by Gasteiger charge is 2.10. The fourth-order valence-corrected chi connectivity index (χ4v) is 2.99. The summed E-state index contributed by atoms with van der Waals surface area (Å²) in [6.07, 6.45) is 0.956. The Kier molecular flexibility index (Phi) is 7.06. The topological polar surface area (TPSA) is 84.1 Å². The number of carbonyl (C=O) groups excluding carboxylic acids is 1. The Morgan fingerprint density at radius 1 is 1.40 bits per heavy atom. The van der Waals surface area contributed by atoms with Gasteiger partial charge in [-0.3, -0.25) is 9.59 Å². The molecule has 1 atom stereocenters. The summed E-state index contributed by atoms with van der Waals surface area (Å²) in [5.41, 5.74) is 1.28. The summed E-state index contributed by atoms with van der Waals surface area (Å²) in [4.78, 5) is 30.9. The molecule has 6 nitrogen and oxygen atoms in total. The zero-order valence-corrected chi connectivity index (χ0v) is 15.5. The maximum absolute atomic E-state index is 12.0. The van der Waals surface area contributed by atoms with Gasteiger partial charge in [-0.15, -0.1) is 0 Å². The molecular formula is C18H23N3O3S. The first-order chi connectivity index (χ1) is 12.0. The number of aromatic amines is 1. The van der Waals surface area contributed by atoms with Crippen molar-refractivity contribution < 1.29 is 9.53 Å². The second-order valence-electron chi connectivity index (χ2n) is 5.74. The van der Waals surface area contributed by atoms with E-state index < -0.39 is 0 Å². The van der Waals surface area contributed by atoms with E-state index in [4.69, 9.17) is 4.74 Å². The fraction of sp³-hybridized carbons (Fsp3) is 0.389. The predicted octanol–water partition coefficient (Wildman–Crippen LogP) is 2.53. The van der Waals surface area contributed by atoms with Crippen molar-refractivity contribution in [1.82, 2.24) is 15.3 Å². The van der Waals surface area contributed by atoms with Gasteiger partial charge >= 0.3 is 0 Å². The van der Waals surface area contributed by atoms with E-state index in [1.165, 1.54) is 17.8 Å². The van der Waals surface area contributed by atoms with E-state index in [1.54, 1.807) is 7.11 Å². The Morgan fingerprint density at radius 2 is 2.20 bits per heavy atom. The standard InChI is InChI=1S/C18H23N3O3S/c1-4-12(2)19-16(22)9-14-10-17(23)21-18(20-14)25-11-13-6-5-7-15(8-13)24-3/h5-8,10,12H,4,9,11H2,1-3H3,(H,19,22)(H,20,21,23). The van der Waals surface area contributed by atoms with E-state index in [2.05, 4.69) is 15.3 Å². The number of H-pyrrole nitrogens is 1. The quantitative estimate of drug-likeness (QED) is 0.557. The zero-order chi connectivity index (χ0) is 18.2. The number of nitrogens with one attached hydrogen (secondary N) is 2. The van der Waals surface area contributed by atoms with Crippen LogP contribution in [-0.4, -0.2) is 29.0 Å². The zero-order valence-electron chi connectivity index (χ0n) is 14.7. The van der Waals surface area contributed by atoms with Crippen molar-refractivity contribution >= 4 is 17.7 Å². The summed E-state index contributed by atoms with van der Waals surface area (Å²) < 4.78 is 5.20. The molecule has 1 aromatic heterocycles. The van der Waals surface area contributed by atoms with E-state index in [9.17, 15) is 9.59 Å². The molecular weight excluding hydrogens is 338 g/mol. The van der Waals surface area contributed by atoms with Crippen LogP contribution in [0.2, 0.25) is 0 Å². The summed E-state index contributed by atoms with van der Waals surface area (Å²) in [6.45, 7) is 3.95. The van der Waals surface area contributed by atoms with E-state index in [0.29, 0.717) is 16.6 Å². The summed E-state index contributed by atoms with van der Waals surface area (Å²) in [6, 6.07) is 9.19. The molecule has 1 amide bonds. The number of thioether (sulfide) groups is 1. The van der Waals surface area contributed by atoms with Crippen LogP contribution in [0.4, 0.5) is 0 Å². The van der Waals surface area contributed by atoms with Crippen LogP contribution in [0.3, 0.4) is 0 Å². The van der Waals surface area contributed by atoms with Crippen molar-refractivity contribution in [3.8, 4) is 5.75 Å². The molecule has 0 saturated carbocycles. The normalized spacial score (nSPS) is 11.8. The second kappa shape index (κ2) is 9.27. The molecule has 25 heavy (non-hydrogen) atoms. The molecule has 0 aliphatic heterocycles. The van der Waals surface area contributed by atoms with Crippen molar-refractivity contribution in [3.63, 3.8) is 0 Å². The third kappa shape index (κ3) is 6.26. The maximum Gasteiger partial charge on any atom is 0.251 e. The van der Waals surface area contributed by atoms with E-state index in [1.807, 2.05) is 38.1 Å². The minimum absolute atomic E-state index is 0.0982. The highest BCUT2D eigenvalue weighted by Crippen LogP contribution is 2.21. The van der Waals surface area contributed by atoms with Crippen LogP contribution in [0.15, 0.2) is 40.3 Å². The molecule has 1 heterocycles. The Labute approximate surface area is 151 Å². The van der Waals surface area contributed by atoms with Gasteiger partial charge < -0.3 is 15.0 Å². The van der Waals surface area contributed by atoms with Crippen LogP contribution in [0.1, 0.15) is 31.5 Å². The van der Waals surface area contributed by atoms with Crippen molar-refractivity contribution in [2.75, 3.05) is 7.11 Å². The lowest BCUT2D eigenvalue weighted by Gasteiger charge is -2.11. The molecule has 2 aromatic rings. The molecule has 0 spiro atoms. The van der Waals surface area contributed by atoms with Crippen LogP contribution < -0.4 is 15.6 Å². The first-order valence-corrected chi connectivity index (χ1v) is 9.14. The number of benzene rings is 1. The van der Waals surface area contributed by atoms with E-state index in [-0.39, 0.29) is 23.9 Å². The Hall–Kier alpha value is -2.28. The van der Waals surface area contributed by atoms with Gasteiger partial charge in [0.25, 0.3) is 5.56 Å². The molecule has 0 aliphatic carbocycles. The predicted molar refractivity (Wildman–Crippen MR) is 99.0 cm³/mol. The van der Waals surface area contributed by atoms with Gasteiger partial charge in [-0.05, 0) is 31.0 Å². The summed E-state index contributed by atoms with van der Waals surface area (Å²) in [5, 5.41) is 3.38. The maximum atomic E-state index is 12.0. The van der Waals surface area contributed by atoms with Gasteiger partial charge in [0.2, 0.25) is 5.91 Å². The van der Waals surface area contributed by atoms with Crippen LogP contribution in [0.5, 0.6) is 5.75 Å². The number of carbonyl (C=O) groups is 1. The summed E-state index contributed by atoms with van der Waals surface area (Å²) >= 11 is 1.41. The SMILES string of the molecule is CCC(C)NC(=O)Cc1cc(=O)[nH]c(SCc2cccc(OC)c2)n1. The monoisotopic (exact) mass is 361 g/mol.